The summed E-state index contributed by atoms with van der Waals surface area (Å²) < 4.78 is 66.8. The number of halogens is 5. The fourth-order valence-electron chi connectivity index (χ4n) is 2.55. The first-order valence-electron chi connectivity index (χ1n) is 7.43. The van der Waals surface area contributed by atoms with Gasteiger partial charge in [-0.1, -0.05) is 6.92 Å². The summed E-state index contributed by atoms with van der Waals surface area (Å²) >= 11 is 0. The molecular weight excluding hydrogens is 345 g/mol. The molecule has 2 aromatic heterocycles. The molecule has 0 aliphatic carbocycles. The summed E-state index contributed by atoms with van der Waals surface area (Å²) in [7, 11) is 0. The van der Waals surface area contributed by atoms with Gasteiger partial charge in [-0.2, -0.15) is 23.0 Å². The molecule has 25 heavy (non-hydrogen) atoms. The highest BCUT2D eigenvalue weighted by Crippen LogP contribution is 2.33. The van der Waals surface area contributed by atoms with Gasteiger partial charge in [0.05, 0.1) is 17.5 Å². The van der Waals surface area contributed by atoms with E-state index in [1.807, 2.05) is 0 Å². The summed E-state index contributed by atoms with van der Waals surface area (Å²) in [6.45, 7) is 4.69. The van der Waals surface area contributed by atoms with Crippen molar-refractivity contribution in [3.8, 4) is 5.82 Å². The van der Waals surface area contributed by atoms with Crippen LogP contribution in [-0.4, -0.2) is 14.8 Å². The second-order valence-electron chi connectivity index (χ2n) is 5.76. The molecule has 0 fully saturated rings. The first-order valence-corrected chi connectivity index (χ1v) is 7.43. The Morgan fingerprint density at radius 2 is 1.72 bits per heavy atom. The molecule has 2 aromatic rings. The first-order chi connectivity index (χ1) is 11.4. The van der Waals surface area contributed by atoms with Crippen LogP contribution >= 0.6 is 0 Å². The van der Waals surface area contributed by atoms with Gasteiger partial charge in [-0.25, -0.2) is 13.8 Å². The number of nitrogens with zero attached hydrogens (tertiary/aromatic N) is 3. The second kappa shape index (κ2) is 6.20. The van der Waals surface area contributed by atoms with Crippen LogP contribution in [-0.2, 0) is 18.5 Å². The largest absolute Gasteiger partial charge is 0.418 e. The molecule has 9 heteroatoms. The average Bonchev–Trinajstić information content (AvgIpc) is 2.47. The molecule has 2 rings (SSSR count). The van der Waals surface area contributed by atoms with Crippen LogP contribution in [0.2, 0.25) is 0 Å². The Hall–Kier alpha value is -2.32. The number of aromatic nitrogens is 3. The Bertz CT molecular complexity index is 866. The van der Waals surface area contributed by atoms with E-state index in [9.17, 15) is 26.7 Å². The van der Waals surface area contributed by atoms with E-state index in [4.69, 9.17) is 0 Å². The lowest BCUT2D eigenvalue weighted by Crippen LogP contribution is -2.30. The summed E-state index contributed by atoms with van der Waals surface area (Å²) in [4.78, 5) is 16.3. The number of hydrogen-bond donors (Lipinski definition) is 0. The van der Waals surface area contributed by atoms with Crippen molar-refractivity contribution < 1.29 is 22.0 Å². The minimum Gasteiger partial charge on any atom is -0.267 e. The van der Waals surface area contributed by atoms with Crippen LogP contribution in [0.15, 0.2) is 17.1 Å². The maximum Gasteiger partial charge on any atom is 0.418 e. The summed E-state index contributed by atoms with van der Waals surface area (Å²) in [5, 5.41) is 3.70. The molecule has 0 N–H and O–H groups in total. The van der Waals surface area contributed by atoms with Gasteiger partial charge in [-0.15, -0.1) is 0 Å². The van der Waals surface area contributed by atoms with Crippen molar-refractivity contribution in [2.75, 3.05) is 0 Å². The van der Waals surface area contributed by atoms with Crippen molar-refractivity contribution in [3.63, 3.8) is 0 Å². The van der Waals surface area contributed by atoms with E-state index >= 15 is 0 Å². The van der Waals surface area contributed by atoms with Crippen molar-refractivity contribution in [2.45, 2.75) is 46.2 Å². The molecule has 0 bridgehead atoms. The molecule has 136 valence electrons. The van der Waals surface area contributed by atoms with Crippen LogP contribution in [0.25, 0.3) is 5.82 Å². The van der Waals surface area contributed by atoms with Crippen LogP contribution in [0.5, 0.6) is 0 Å². The Morgan fingerprint density at radius 1 is 1.12 bits per heavy atom. The molecule has 0 radical (unpaired) electrons. The molecule has 0 amide bonds. The van der Waals surface area contributed by atoms with Gasteiger partial charge in [0.1, 0.15) is 0 Å². The van der Waals surface area contributed by atoms with Crippen LogP contribution in [0.4, 0.5) is 22.0 Å². The number of aryl methyl sites for hydroxylation is 2. The van der Waals surface area contributed by atoms with Gasteiger partial charge in [-0.3, -0.25) is 4.79 Å². The third-order valence-electron chi connectivity index (χ3n) is 3.79. The zero-order chi connectivity index (χ0) is 19.2. The molecule has 0 saturated carbocycles. The van der Waals surface area contributed by atoms with Crippen LogP contribution in [0.3, 0.4) is 0 Å². The first kappa shape index (κ1) is 19.0. The molecule has 0 saturated heterocycles. The molecular formula is C16H16F5N3O. The van der Waals surface area contributed by atoms with Gasteiger partial charge in [0.25, 0.3) is 11.5 Å². The summed E-state index contributed by atoms with van der Waals surface area (Å²) in [6, 6.07) is 0.861. The van der Waals surface area contributed by atoms with Crippen LogP contribution in [0.1, 0.15) is 41.8 Å². The fourth-order valence-corrected chi connectivity index (χ4v) is 2.55. The van der Waals surface area contributed by atoms with E-state index in [1.54, 1.807) is 0 Å². The van der Waals surface area contributed by atoms with Crippen LogP contribution < -0.4 is 5.56 Å². The van der Waals surface area contributed by atoms with E-state index in [1.165, 1.54) is 13.8 Å². The highest BCUT2D eigenvalue weighted by Gasteiger charge is 2.34. The lowest BCUT2D eigenvalue weighted by Gasteiger charge is -2.17. The minimum atomic E-state index is -4.58. The Balaban J connectivity index is 2.73. The van der Waals surface area contributed by atoms with E-state index in [2.05, 4.69) is 10.1 Å². The van der Waals surface area contributed by atoms with Crippen molar-refractivity contribution in [1.29, 1.82) is 0 Å². The third-order valence-corrected chi connectivity index (χ3v) is 3.79. The fraction of sp³-hybridized carbons (Fsp3) is 0.438. The molecule has 0 spiro atoms. The summed E-state index contributed by atoms with van der Waals surface area (Å²) in [6.07, 6.45) is -3.70. The number of hydrogen-bond acceptors (Lipinski definition) is 3. The van der Waals surface area contributed by atoms with Crippen molar-refractivity contribution in [3.05, 3.63) is 50.6 Å². The molecule has 0 atom stereocenters. The molecule has 0 unspecified atom stereocenters. The molecule has 0 aliphatic heterocycles. The zero-order valence-electron chi connectivity index (χ0n) is 14.0. The van der Waals surface area contributed by atoms with Gasteiger partial charge in [0.15, 0.2) is 5.82 Å². The standard InChI is InChI=1S/C16H16F5N3O/c1-5-10-12(15(4,17)18)7-22-24(14(10)25)13-8(2)6-11(9(3)23-13)16(19,20)21/h6-7H,5H2,1-4H3. The number of pyridine rings is 1. The Morgan fingerprint density at radius 3 is 2.20 bits per heavy atom. The lowest BCUT2D eigenvalue weighted by molar-refractivity contribution is -0.138. The topological polar surface area (TPSA) is 47.8 Å². The highest BCUT2D eigenvalue weighted by molar-refractivity contribution is 5.40. The van der Waals surface area contributed by atoms with Gasteiger partial charge in [-0.05, 0) is 31.9 Å². The Kier molecular flexibility index (Phi) is 4.71. The lowest BCUT2D eigenvalue weighted by atomic mass is 10.0. The summed E-state index contributed by atoms with van der Waals surface area (Å²) in [5.74, 6) is -3.37. The molecule has 0 aromatic carbocycles. The maximum atomic E-state index is 13.6. The molecule has 4 nitrogen and oxygen atoms in total. The molecule has 2 heterocycles. The highest BCUT2D eigenvalue weighted by atomic mass is 19.4. The zero-order valence-corrected chi connectivity index (χ0v) is 14.0. The third kappa shape index (κ3) is 3.54. The predicted molar refractivity (Wildman–Crippen MR) is 81.1 cm³/mol. The second-order valence-corrected chi connectivity index (χ2v) is 5.76. The van der Waals surface area contributed by atoms with E-state index < -0.39 is 28.8 Å². The quantitative estimate of drug-likeness (QED) is 0.778. The average molecular weight is 361 g/mol. The normalized spacial score (nSPS) is 12.5. The monoisotopic (exact) mass is 361 g/mol. The summed E-state index contributed by atoms with van der Waals surface area (Å²) in [5.41, 5.74) is -2.67. The van der Waals surface area contributed by atoms with Crippen molar-refractivity contribution in [1.82, 2.24) is 14.8 Å². The van der Waals surface area contributed by atoms with E-state index in [-0.39, 0.29) is 29.1 Å². The van der Waals surface area contributed by atoms with Gasteiger partial charge in [0, 0.05) is 18.1 Å². The van der Waals surface area contributed by atoms with Crippen molar-refractivity contribution in [2.24, 2.45) is 0 Å². The number of rotatable bonds is 3. The SMILES string of the molecule is CCc1c(C(C)(F)F)cnn(-c2nc(C)c(C(F)(F)F)cc2C)c1=O. The maximum absolute atomic E-state index is 13.6. The van der Waals surface area contributed by atoms with E-state index in [0.717, 1.165) is 23.9 Å². The van der Waals surface area contributed by atoms with Crippen LogP contribution in [0, 0.1) is 13.8 Å². The minimum absolute atomic E-state index is 0.0266. The van der Waals surface area contributed by atoms with Gasteiger partial charge < -0.3 is 0 Å². The van der Waals surface area contributed by atoms with Gasteiger partial charge in [0.2, 0.25) is 0 Å². The Labute approximate surface area is 140 Å². The number of alkyl halides is 5. The predicted octanol–water partition coefficient (Wildman–Crippen LogP) is 3.94. The molecule has 0 aliphatic rings. The van der Waals surface area contributed by atoms with Gasteiger partial charge >= 0.3 is 6.18 Å². The smallest absolute Gasteiger partial charge is 0.267 e. The van der Waals surface area contributed by atoms with E-state index in [0.29, 0.717) is 6.92 Å². The van der Waals surface area contributed by atoms with Crippen molar-refractivity contribution >= 4 is 0 Å².